The number of hydrogen-bond acceptors (Lipinski definition) is 7. The summed E-state index contributed by atoms with van der Waals surface area (Å²) in [6, 6.07) is 10.9. The number of methoxy groups -OCH3 is 2. The van der Waals surface area contributed by atoms with Crippen molar-refractivity contribution in [2.75, 3.05) is 27.4 Å². The van der Waals surface area contributed by atoms with Crippen LogP contribution in [-0.2, 0) is 0 Å². The Kier molecular flexibility index (Phi) is 6.69. The van der Waals surface area contributed by atoms with E-state index >= 15 is 0 Å². The van der Waals surface area contributed by atoms with Gasteiger partial charge in [0.15, 0.2) is 23.0 Å². The SMILES string of the molecule is COc1ccccc1OCCOc1c(Cl)cc(C=Nn2cnnc2)cc1OC. The Morgan fingerprint density at radius 1 is 0.964 bits per heavy atom. The molecule has 9 heteroatoms. The van der Waals surface area contributed by atoms with Crippen LogP contribution in [0.3, 0.4) is 0 Å². The molecular formula is C19H19ClN4O4. The molecule has 2 aromatic carbocycles. The minimum atomic E-state index is 0.280. The number of benzene rings is 2. The van der Waals surface area contributed by atoms with E-state index in [4.69, 9.17) is 30.5 Å². The van der Waals surface area contributed by atoms with Gasteiger partial charge in [-0.2, -0.15) is 5.10 Å². The fraction of sp³-hybridized carbons (Fsp3) is 0.211. The smallest absolute Gasteiger partial charge is 0.179 e. The molecule has 0 amide bonds. The zero-order valence-electron chi connectivity index (χ0n) is 15.4. The van der Waals surface area contributed by atoms with E-state index in [-0.39, 0.29) is 6.61 Å². The fourth-order valence-electron chi connectivity index (χ4n) is 2.38. The van der Waals surface area contributed by atoms with Gasteiger partial charge in [-0.05, 0) is 29.8 Å². The molecule has 0 unspecified atom stereocenters. The molecule has 1 heterocycles. The van der Waals surface area contributed by atoms with Crippen molar-refractivity contribution in [2.24, 2.45) is 5.10 Å². The quantitative estimate of drug-likeness (QED) is 0.403. The van der Waals surface area contributed by atoms with E-state index in [0.29, 0.717) is 34.6 Å². The first-order valence-electron chi connectivity index (χ1n) is 8.36. The first kappa shape index (κ1) is 19.5. The Hall–Kier alpha value is -3.26. The lowest BCUT2D eigenvalue weighted by Gasteiger charge is -2.14. The van der Waals surface area contributed by atoms with Crippen molar-refractivity contribution in [3.63, 3.8) is 0 Å². The molecule has 3 rings (SSSR count). The highest BCUT2D eigenvalue weighted by atomic mass is 35.5. The number of rotatable bonds is 9. The second-order valence-electron chi connectivity index (χ2n) is 5.47. The van der Waals surface area contributed by atoms with E-state index < -0.39 is 0 Å². The van der Waals surface area contributed by atoms with Gasteiger partial charge in [0, 0.05) is 0 Å². The average Bonchev–Trinajstić information content (AvgIpc) is 3.24. The van der Waals surface area contributed by atoms with Crippen molar-refractivity contribution >= 4 is 17.8 Å². The summed E-state index contributed by atoms with van der Waals surface area (Å²) in [5.41, 5.74) is 0.744. The van der Waals surface area contributed by atoms with E-state index in [0.717, 1.165) is 5.56 Å². The normalized spacial score (nSPS) is 10.8. The molecule has 8 nitrogen and oxygen atoms in total. The number of aromatic nitrogens is 3. The Balaban J connectivity index is 1.63. The zero-order chi connectivity index (χ0) is 19.8. The van der Waals surface area contributed by atoms with Crippen molar-refractivity contribution in [1.82, 2.24) is 14.9 Å². The number of para-hydroxylation sites is 2. The van der Waals surface area contributed by atoms with Gasteiger partial charge in [0.1, 0.15) is 25.9 Å². The molecule has 0 aliphatic carbocycles. The molecular weight excluding hydrogens is 384 g/mol. The van der Waals surface area contributed by atoms with Gasteiger partial charge in [0.2, 0.25) is 0 Å². The van der Waals surface area contributed by atoms with Gasteiger partial charge in [-0.15, -0.1) is 10.2 Å². The maximum absolute atomic E-state index is 6.36. The van der Waals surface area contributed by atoms with Gasteiger partial charge in [-0.25, -0.2) is 4.68 Å². The van der Waals surface area contributed by atoms with Crippen molar-refractivity contribution in [3.05, 3.63) is 59.6 Å². The van der Waals surface area contributed by atoms with Crippen molar-refractivity contribution < 1.29 is 18.9 Å². The Labute approximate surface area is 167 Å². The van der Waals surface area contributed by atoms with E-state index in [2.05, 4.69) is 15.3 Å². The average molecular weight is 403 g/mol. The third kappa shape index (κ3) is 4.92. The van der Waals surface area contributed by atoms with Gasteiger partial charge in [-0.1, -0.05) is 23.7 Å². The summed E-state index contributed by atoms with van der Waals surface area (Å²) in [6.07, 6.45) is 4.58. The molecule has 146 valence electrons. The predicted molar refractivity (Wildman–Crippen MR) is 105 cm³/mol. The molecule has 0 aliphatic heterocycles. The topological polar surface area (TPSA) is 80.0 Å². The van der Waals surface area contributed by atoms with Gasteiger partial charge < -0.3 is 18.9 Å². The summed E-state index contributed by atoms with van der Waals surface area (Å²) >= 11 is 6.36. The van der Waals surface area contributed by atoms with Crippen LogP contribution in [0, 0.1) is 0 Å². The summed E-state index contributed by atoms with van der Waals surface area (Å²) < 4.78 is 23.6. The highest BCUT2D eigenvalue weighted by Gasteiger charge is 2.12. The summed E-state index contributed by atoms with van der Waals surface area (Å²) in [5, 5.41) is 12.0. The third-order valence-corrected chi connectivity index (χ3v) is 3.94. The highest BCUT2D eigenvalue weighted by Crippen LogP contribution is 2.36. The lowest BCUT2D eigenvalue weighted by atomic mass is 10.2. The van der Waals surface area contributed by atoms with Crippen molar-refractivity contribution in [1.29, 1.82) is 0 Å². The van der Waals surface area contributed by atoms with Gasteiger partial charge in [-0.3, -0.25) is 0 Å². The van der Waals surface area contributed by atoms with Crippen LogP contribution in [0.4, 0.5) is 0 Å². The van der Waals surface area contributed by atoms with Crippen molar-refractivity contribution in [3.8, 4) is 23.0 Å². The van der Waals surface area contributed by atoms with Crippen LogP contribution in [0.25, 0.3) is 0 Å². The van der Waals surface area contributed by atoms with Crippen LogP contribution in [0.15, 0.2) is 54.2 Å². The van der Waals surface area contributed by atoms with Gasteiger partial charge in [0.25, 0.3) is 0 Å². The molecule has 3 aromatic rings. The van der Waals surface area contributed by atoms with Gasteiger partial charge in [0.05, 0.1) is 25.5 Å². The maximum atomic E-state index is 6.36. The second-order valence-corrected chi connectivity index (χ2v) is 5.88. The van der Waals surface area contributed by atoms with Crippen LogP contribution in [-0.4, -0.2) is 48.5 Å². The van der Waals surface area contributed by atoms with Crippen LogP contribution in [0.1, 0.15) is 5.56 Å². The molecule has 0 radical (unpaired) electrons. The van der Waals surface area contributed by atoms with E-state index in [9.17, 15) is 0 Å². The summed E-state index contributed by atoms with van der Waals surface area (Å²) in [5.74, 6) is 2.24. The molecule has 0 saturated heterocycles. The third-order valence-electron chi connectivity index (χ3n) is 3.65. The number of nitrogens with zero attached hydrogens (tertiary/aromatic N) is 4. The number of hydrogen-bond donors (Lipinski definition) is 0. The van der Waals surface area contributed by atoms with Crippen LogP contribution < -0.4 is 18.9 Å². The Bertz CT molecular complexity index is 932. The summed E-state index contributed by atoms with van der Waals surface area (Å²) in [7, 11) is 3.14. The van der Waals surface area contributed by atoms with Crippen molar-refractivity contribution in [2.45, 2.75) is 0 Å². The molecule has 0 aliphatic rings. The number of halogens is 1. The predicted octanol–water partition coefficient (Wildman–Crippen LogP) is 3.29. The van der Waals surface area contributed by atoms with Gasteiger partial charge >= 0.3 is 0 Å². The zero-order valence-corrected chi connectivity index (χ0v) is 16.2. The Morgan fingerprint density at radius 2 is 1.64 bits per heavy atom. The maximum Gasteiger partial charge on any atom is 0.179 e. The molecule has 0 N–H and O–H groups in total. The van der Waals surface area contributed by atoms with E-state index in [1.54, 1.807) is 32.6 Å². The molecule has 0 atom stereocenters. The molecule has 0 spiro atoms. The molecule has 0 saturated carbocycles. The van der Waals surface area contributed by atoms with Crippen LogP contribution >= 0.6 is 11.6 Å². The lowest BCUT2D eigenvalue weighted by molar-refractivity contribution is 0.206. The summed E-state index contributed by atoms with van der Waals surface area (Å²) in [4.78, 5) is 0. The first-order valence-corrected chi connectivity index (χ1v) is 8.74. The second kappa shape index (κ2) is 9.61. The summed E-state index contributed by atoms with van der Waals surface area (Å²) in [6.45, 7) is 0.596. The standard InChI is InChI=1S/C19H19ClN4O4/c1-25-16-5-3-4-6-17(16)27-7-8-28-19-15(20)9-14(10-18(19)26-2)11-23-24-12-21-22-13-24/h3-6,9-13H,7-8H2,1-2H3. The first-order chi connectivity index (χ1) is 13.7. The Morgan fingerprint density at radius 3 is 2.36 bits per heavy atom. The molecule has 0 bridgehead atoms. The minimum Gasteiger partial charge on any atom is -0.493 e. The molecule has 1 aromatic heterocycles. The monoisotopic (exact) mass is 402 g/mol. The minimum absolute atomic E-state index is 0.280. The molecule has 28 heavy (non-hydrogen) atoms. The van der Waals surface area contributed by atoms with Crippen LogP contribution in [0.5, 0.6) is 23.0 Å². The number of ether oxygens (including phenoxy) is 4. The molecule has 0 fully saturated rings. The fourth-order valence-corrected chi connectivity index (χ4v) is 2.65. The van der Waals surface area contributed by atoms with Crippen LogP contribution in [0.2, 0.25) is 5.02 Å². The highest BCUT2D eigenvalue weighted by molar-refractivity contribution is 6.32. The lowest BCUT2D eigenvalue weighted by Crippen LogP contribution is -2.10. The largest absolute Gasteiger partial charge is 0.493 e. The van der Waals surface area contributed by atoms with E-state index in [1.807, 2.05) is 24.3 Å². The van der Waals surface area contributed by atoms with E-state index in [1.165, 1.54) is 17.3 Å².